The zero-order valence-corrected chi connectivity index (χ0v) is 14.6. The van der Waals surface area contributed by atoms with Gasteiger partial charge in [0.05, 0.1) is 12.8 Å². The standard InChI is InChI=1S/C19H21N3OS/c1-23-17-4-8-19(9-5-17)24-18-6-2-15(3-7-18)22(14-20)16-10-12-21-13-11-16/h2-9,16,21H,10-13H2,1H3. The summed E-state index contributed by atoms with van der Waals surface area (Å²) in [7, 11) is 1.67. The van der Waals surface area contributed by atoms with E-state index in [9.17, 15) is 5.26 Å². The van der Waals surface area contributed by atoms with Gasteiger partial charge < -0.3 is 10.1 Å². The smallest absolute Gasteiger partial charge is 0.184 e. The van der Waals surface area contributed by atoms with Gasteiger partial charge in [0.1, 0.15) is 5.75 Å². The minimum atomic E-state index is 0.302. The molecule has 4 nitrogen and oxygen atoms in total. The number of ether oxygens (including phenoxy) is 1. The third-order valence-electron chi connectivity index (χ3n) is 4.19. The Hall–Kier alpha value is -2.16. The first-order chi connectivity index (χ1) is 11.8. The second kappa shape index (κ2) is 8.09. The molecule has 0 aliphatic carbocycles. The van der Waals surface area contributed by atoms with Gasteiger partial charge in [0.2, 0.25) is 0 Å². The Kier molecular flexibility index (Phi) is 5.63. The van der Waals surface area contributed by atoms with Crippen LogP contribution in [0.5, 0.6) is 5.75 Å². The first-order valence-corrected chi connectivity index (χ1v) is 8.93. The molecule has 1 saturated heterocycles. The van der Waals surface area contributed by atoms with Gasteiger partial charge in [-0.1, -0.05) is 11.8 Å². The maximum absolute atomic E-state index is 9.52. The van der Waals surface area contributed by atoms with Crippen LogP contribution in [0.2, 0.25) is 0 Å². The second-order valence-electron chi connectivity index (χ2n) is 5.72. The molecule has 0 bridgehead atoms. The van der Waals surface area contributed by atoms with Crippen molar-refractivity contribution in [3.8, 4) is 11.9 Å². The van der Waals surface area contributed by atoms with Crippen LogP contribution in [0.3, 0.4) is 0 Å². The van der Waals surface area contributed by atoms with E-state index in [1.54, 1.807) is 18.9 Å². The van der Waals surface area contributed by atoms with E-state index in [1.807, 2.05) is 41.3 Å². The Bertz CT molecular complexity index is 688. The largest absolute Gasteiger partial charge is 0.497 e. The minimum Gasteiger partial charge on any atom is -0.497 e. The molecule has 1 aliphatic heterocycles. The molecular weight excluding hydrogens is 318 g/mol. The van der Waals surface area contributed by atoms with Gasteiger partial charge in [0.25, 0.3) is 0 Å². The van der Waals surface area contributed by atoms with Gasteiger partial charge in [-0.25, -0.2) is 0 Å². The number of nitriles is 1. The molecular formula is C19H21N3OS. The maximum Gasteiger partial charge on any atom is 0.184 e. The van der Waals surface area contributed by atoms with E-state index < -0.39 is 0 Å². The monoisotopic (exact) mass is 339 g/mol. The van der Waals surface area contributed by atoms with Crippen LogP contribution in [0.25, 0.3) is 0 Å². The number of piperidine rings is 1. The van der Waals surface area contributed by atoms with Gasteiger partial charge in [-0.15, -0.1) is 0 Å². The Morgan fingerprint density at radius 3 is 2.17 bits per heavy atom. The van der Waals surface area contributed by atoms with E-state index in [2.05, 4.69) is 23.6 Å². The molecule has 3 rings (SSSR count). The molecule has 124 valence electrons. The van der Waals surface area contributed by atoms with Crippen molar-refractivity contribution in [1.29, 1.82) is 5.26 Å². The summed E-state index contributed by atoms with van der Waals surface area (Å²) in [6.07, 6.45) is 4.37. The molecule has 0 radical (unpaired) electrons. The summed E-state index contributed by atoms with van der Waals surface area (Å²) in [5.41, 5.74) is 0.975. The fourth-order valence-corrected chi connectivity index (χ4v) is 3.69. The van der Waals surface area contributed by atoms with Crippen LogP contribution in [0, 0.1) is 11.5 Å². The molecule has 2 aromatic rings. The molecule has 1 heterocycles. The Labute approximate surface area is 147 Å². The van der Waals surface area contributed by atoms with Crippen molar-refractivity contribution >= 4 is 17.4 Å². The molecule has 0 spiro atoms. The Morgan fingerprint density at radius 2 is 1.62 bits per heavy atom. The number of benzene rings is 2. The van der Waals surface area contributed by atoms with Crippen LogP contribution in [0.15, 0.2) is 58.3 Å². The lowest BCUT2D eigenvalue weighted by atomic mass is 10.0. The zero-order valence-electron chi connectivity index (χ0n) is 13.7. The second-order valence-corrected chi connectivity index (χ2v) is 6.87. The molecule has 0 atom stereocenters. The van der Waals surface area contributed by atoms with Crippen molar-refractivity contribution in [1.82, 2.24) is 5.32 Å². The van der Waals surface area contributed by atoms with E-state index in [-0.39, 0.29) is 0 Å². The first kappa shape index (κ1) is 16.7. The quantitative estimate of drug-likeness (QED) is 0.661. The molecule has 1 fully saturated rings. The first-order valence-electron chi connectivity index (χ1n) is 8.12. The lowest BCUT2D eigenvalue weighted by Gasteiger charge is -2.30. The predicted octanol–water partition coefficient (Wildman–Crippen LogP) is 3.89. The Balaban J connectivity index is 1.68. The zero-order chi connectivity index (χ0) is 16.8. The van der Waals surface area contributed by atoms with Crippen molar-refractivity contribution in [2.45, 2.75) is 28.7 Å². The average Bonchev–Trinajstić information content (AvgIpc) is 2.65. The number of hydrogen-bond acceptors (Lipinski definition) is 5. The normalized spacial score (nSPS) is 14.8. The number of anilines is 1. The molecule has 5 heteroatoms. The summed E-state index contributed by atoms with van der Waals surface area (Å²) in [6, 6.07) is 16.6. The highest BCUT2D eigenvalue weighted by molar-refractivity contribution is 7.99. The molecule has 24 heavy (non-hydrogen) atoms. The number of nitrogens with one attached hydrogen (secondary N) is 1. The van der Waals surface area contributed by atoms with Crippen molar-refractivity contribution in [3.63, 3.8) is 0 Å². The van der Waals surface area contributed by atoms with Gasteiger partial charge in [0.15, 0.2) is 6.19 Å². The summed E-state index contributed by atoms with van der Waals surface area (Å²) in [5, 5.41) is 12.9. The number of nitrogens with zero attached hydrogens (tertiary/aromatic N) is 2. The van der Waals surface area contributed by atoms with Crippen molar-refractivity contribution in [3.05, 3.63) is 48.5 Å². The third kappa shape index (κ3) is 4.02. The fraction of sp³-hybridized carbons (Fsp3) is 0.316. The van der Waals surface area contributed by atoms with Crippen LogP contribution in [-0.4, -0.2) is 26.2 Å². The van der Waals surface area contributed by atoms with Crippen molar-refractivity contribution < 1.29 is 4.74 Å². The summed E-state index contributed by atoms with van der Waals surface area (Å²) >= 11 is 1.70. The average molecular weight is 339 g/mol. The van der Waals surface area contributed by atoms with Crippen molar-refractivity contribution in [2.75, 3.05) is 25.1 Å². The third-order valence-corrected chi connectivity index (χ3v) is 5.21. The van der Waals surface area contributed by atoms with Gasteiger partial charge in [-0.3, -0.25) is 4.90 Å². The summed E-state index contributed by atoms with van der Waals surface area (Å²) in [4.78, 5) is 4.18. The van der Waals surface area contributed by atoms with Crippen LogP contribution >= 0.6 is 11.8 Å². The SMILES string of the molecule is COc1ccc(Sc2ccc(N(C#N)C3CCNCC3)cc2)cc1. The highest BCUT2D eigenvalue weighted by Gasteiger charge is 2.21. The summed E-state index contributed by atoms with van der Waals surface area (Å²) < 4.78 is 5.18. The minimum absolute atomic E-state index is 0.302. The van der Waals surface area contributed by atoms with Crippen LogP contribution in [-0.2, 0) is 0 Å². The number of methoxy groups -OCH3 is 1. The molecule has 0 aromatic heterocycles. The van der Waals surface area contributed by atoms with Gasteiger partial charge in [0, 0.05) is 15.8 Å². The van der Waals surface area contributed by atoms with E-state index >= 15 is 0 Å². The molecule has 1 N–H and O–H groups in total. The molecule has 0 saturated carbocycles. The lowest BCUT2D eigenvalue weighted by Crippen LogP contribution is -2.40. The fourth-order valence-electron chi connectivity index (χ4n) is 2.87. The van der Waals surface area contributed by atoms with E-state index in [0.717, 1.165) is 42.3 Å². The molecule has 1 aliphatic rings. The van der Waals surface area contributed by atoms with Gasteiger partial charge >= 0.3 is 0 Å². The summed E-state index contributed by atoms with van der Waals surface area (Å²) in [6.45, 7) is 1.96. The topological polar surface area (TPSA) is 48.3 Å². The van der Waals surface area contributed by atoms with E-state index in [1.165, 1.54) is 4.90 Å². The predicted molar refractivity (Wildman–Crippen MR) is 97.5 cm³/mol. The van der Waals surface area contributed by atoms with Crippen LogP contribution in [0.1, 0.15) is 12.8 Å². The Morgan fingerprint density at radius 1 is 1.04 bits per heavy atom. The lowest BCUT2D eigenvalue weighted by molar-refractivity contribution is 0.414. The molecule has 0 amide bonds. The van der Waals surface area contributed by atoms with E-state index in [0.29, 0.717) is 6.04 Å². The van der Waals surface area contributed by atoms with Crippen LogP contribution in [0.4, 0.5) is 5.69 Å². The van der Waals surface area contributed by atoms with Crippen molar-refractivity contribution in [2.24, 2.45) is 0 Å². The molecule has 0 unspecified atom stereocenters. The van der Waals surface area contributed by atoms with Crippen LogP contribution < -0.4 is 15.0 Å². The highest BCUT2D eigenvalue weighted by Crippen LogP contribution is 2.31. The summed E-state index contributed by atoms with van der Waals surface area (Å²) in [5.74, 6) is 0.862. The number of rotatable bonds is 5. The highest BCUT2D eigenvalue weighted by atomic mass is 32.2. The molecule has 2 aromatic carbocycles. The maximum atomic E-state index is 9.52. The van der Waals surface area contributed by atoms with Gasteiger partial charge in [-0.2, -0.15) is 5.26 Å². The van der Waals surface area contributed by atoms with E-state index in [4.69, 9.17) is 4.74 Å². The number of hydrogen-bond donors (Lipinski definition) is 1. The van der Waals surface area contributed by atoms with Gasteiger partial charge in [-0.05, 0) is 74.5 Å².